The van der Waals surface area contributed by atoms with Crippen LogP contribution in [0, 0.1) is 0 Å². The average Bonchev–Trinajstić information content (AvgIpc) is 2.73. The lowest BCUT2D eigenvalue weighted by Gasteiger charge is -2.54. The van der Waals surface area contributed by atoms with E-state index in [0.29, 0.717) is 58.9 Å². The predicted octanol–water partition coefficient (Wildman–Crippen LogP) is 3.62. The summed E-state index contributed by atoms with van der Waals surface area (Å²) in [6.07, 6.45) is 0.849. The van der Waals surface area contributed by atoms with Crippen LogP contribution >= 0.6 is 0 Å². The zero-order chi connectivity index (χ0) is 24.1. The molecule has 192 valence electrons. The molecule has 1 unspecified atom stereocenters. The van der Waals surface area contributed by atoms with Crippen LogP contribution in [0.3, 0.4) is 0 Å². The smallest absolute Gasteiger partial charge is 0.394 e. The molecule has 0 aromatic rings. The molecule has 0 aromatic heterocycles. The number of hydrogen-bond donors (Lipinski definition) is 0. The second-order valence-electron chi connectivity index (χ2n) is 7.04. The van der Waals surface area contributed by atoms with Crippen LogP contribution in [-0.2, 0) is 39.5 Å². The molecule has 1 rings (SSSR count). The summed E-state index contributed by atoms with van der Waals surface area (Å²) < 4.78 is 58.3. The Morgan fingerprint density at radius 1 is 0.500 bits per heavy atom. The van der Waals surface area contributed by atoms with Crippen molar-refractivity contribution in [2.45, 2.75) is 73.9 Å². The first-order chi connectivity index (χ1) is 15.4. The van der Waals surface area contributed by atoms with Gasteiger partial charge in [0.15, 0.2) is 0 Å². The van der Waals surface area contributed by atoms with Crippen molar-refractivity contribution in [2.24, 2.45) is 0 Å². The van der Waals surface area contributed by atoms with Crippen molar-refractivity contribution >= 4 is 32.8 Å². The van der Waals surface area contributed by atoms with E-state index >= 15 is 0 Å². The quantitative estimate of drug-likeness (QED) is 0.247. The van der Waals surface area contributed by atoms with Gasteiger partial charge in [-0.2, -0.15) is 0 Å². The van der Waals surface area contributed by atoms with E-state index in [9.17, 15) is 0 Å². The van der Waals surface area contributed by atoms with Crippen LogP contribution in [0.5, 0.6) is 0 Å². The summed E-state index contributed by atoms with van der Waals surface area (Å²) >= 11 is 0. The first-order valence-electron chi connectivity index (χ1n) is 12.2. The SMILES string of the molecule is CCO[Si](OCC)(OCC)O[Si]1(OCC)CCC[Si](OCC)(OCC)[Si]1(OCC)OCC. The van der Waals surface area contributed by atoms with E-state index in [1.165, 1.54) is 0 Å². The van der Waals surface area contributed by atoms with Gasteiger partial charge < -0.3 is 39.5 Å². The Balaban J connectivity index is 3.79. The normalized spacial score (nSPS) is 22.9. The zero-order valence-corrected chi connectivity index (χ0v) is 25.5. The fraction of sp³-hybridized carbons (Fsp3) is 1.00. The van der Waals surface area contributed by atoms with Gasteiger partial charge in [-0.25, -0.2) is 0 Å². The molecule has 1 aliphatic rings. The van der Waals surface area contributed by atoms with E-state index < -0.39 is 32.8 Å². The lowest BCUT2D eigenvalue weighted by molar-refractivity contribution is -0.00377. The second kappa shape index (κ2) is 14.8. The molecule has 1 heterocycles. The molecule has 0 spiro atoms. The van der Waals surface area contributed by atoms with Crippen molar-refractivity contribution in [1.82, 2.24) is 0 Å². The van der Waals surface area contributed by atoms with Gasteiger partial charge in [-0.05, 0) is 73.9 Å². The molecule has 13 heteroatoms. The van der Waals surface area contributed by atoms with E-state index in [2.05, 4.69) is 0 Å². The Hall–Kier alpha value is 0.508. The Bertz CT molecular complexity index is 479. The first kappa shape index (κ1) is 30.5. The van der Waals surface area contributed by atoms with Crippen LogP contribution in [0.15, 0.2) is 0 Å². The van der Waals surface area contributed by atoms with Gasteiger partial charge in [0.1, 0.15) is 0 Å². The molecule has 0 N–H and O–H groups in total. The van der Waals surface area contributed by atoms with Gasteiger partial charge in [-0.1, -0.05) is 0 Å². The van der Waals surface area contributed by atoms with Gasteiger partial charge >= 0.3 is 32.8 Å². The molecule has 0 aliphatic carbocycles. The highest BCUT2D eigenvalue weighted by molar-refractivity contribution is 7.61. The minimum Gasteiger partial charge on any atom is -0.394 e. The summed E-state index contributed by atoms with van der Waals surface area (Å²) in [5.41, 5.74) is 0. The molecule has 1 fully saturated rings. The third kappa shape index (κ3) is 6.38. The van der Waals surface area contributed by atoms with Crippen LogP contribution in [0.1, 0.15) is 61.8 Å². The van der Waals surface area contributed by atoms with Crippen LogP contribution in [0.2, 0.25) is 12.1 Å². The summed E-state index contributed by atoms with van der Waals surface area (Å²) in [7, 11) is -13.1. The third-order valence-electron chi connectivity index (χ3n) is 5.10. The summed E-state index contributed by atoms with van der Waals surface area (Å²) in [5, 5.41) is 0. The summed E-state index contributed by atoms with van der Waals surface area (Å²) in [6, 6.07) is 1.49. The molecular weight excluding hydrogens is 485 g/mol. The summed E-state index contributed by atoms with van der Waals surface area (Å²) in [5.74, 6) is 0. The number of hydrogen-bond acceptors (Lipinski definition) is 9. The first-order valence-corrected chi connectivity index (χ1v) is 21.7. The standard InChI is InChI=1S/C19H46O9Si4/c1-9-20-29(21-10-2)18-17-19-30(22-11-3,32(29,26-15-7)27-16-8)28-31(23-12-4,24-13-5)25-14-6/h9-19H2,1-8H3. The van der Waals surface area contributed by atoms with Gasteiger partial charge in [-0.15, -0.1) is 0 Å². The van der Waals surface area contributed by atoms with Crippen molar-refractivity contribution in [3.63, 3.8) is 0 Å². The lowest BCUT2D eigenvalue weighted by atomic mass is 10.6. The largest absolute Gasteiger partial charge is 0.670 e. The summed E-state index contributed by atoms with van der Waals surface area (Å²) in [6.45, 7) is 19.2. The molecule has 0 bridgehead atoms. The molecule has 1 aliphatic heterocycles. The van der Waals surface area contributed by atoms with E-state index in [1.807, 2.05) is 55.4 Å². The highest BCUT2D eigenvalue weighted by atomic mass is 29.7. The molecule has 0 aromatic carbocycles. The van der Waals surface area contributed by atoms with Gasteiger partial charge in [-0.3, -0.25) is 0 Å². The third-order valence-corrected chi connectivity index (χ3v) is 35.3. The molecular formula is C19H46O9Si4. The predicted molar refractivity (Wildman–Crippen MR) is 131 cm³/mol. The molecule has 1 saturated heterocycles. The minimum absolute atomic E-state index is 0.403. The molecule has 0 saturated carbocycles. The van der Waals surface area contributed by atoms with Crippen molar-refractivity contribution in [2.75, 3.05) is 52.9 Å². The highest BCUT2D eigenvalue weighted by Gasteiger charge is 2.83. The van der Waals surface area contributed by atoms with Gasteiger partial charge in [0, 0.05) is 52.9 Å². The van der Waals surface area contributed by atoms with Crippen molar-refractivity contribution < 1.29 is 39.5 Å². The van der Waals surface area contributed by atoms with E-state index in [0.717, 1.165) is 12.5 Å². The van der Waals surface area contributed by atoms with Crippen molar-refractivity contribution in [3.8, 4) is 0 Å². The Morgan fingerprint density at radius 2 is 0.875 bits per heavy atom. The molecule has 32 heavy (non-hydrogen) atoms. The zero-order valence-electron chi connectivity index (χ0n) is 21.5. The Labute approximate surface area is 199 Å². The minimum atomic E-state index is -3.53. The Morgan fingerprint density at radius 3 is 1.25 bits per heavy atom. The number of rotatable bonds is 18. The van der Waals surface area contributed by atoms with E-state index in [-0.39, 0.29) is 0 Å². The van der Waals surface area contributed by atoms with Crippen LogP contribution in [0.4, 0.5) is 0 Å². The van der Waals surface area contributed by atoms with Crippen molar-refractivity contribution in [1.29, 1.82) is 0 Å². The summed E-state index contributed by atoms with van der Waals surface area (Å²) in [4.78, 5) is 0. The van der Waals surface area contributed by atoms with Crippen LogP contribution in [-0.4, -0.2) is 85.7 Å². The molecule has 0 amide bonds. The molecule has 0 radical (unpaired) electrons. The second-order valence-corrected chi connectivity index (χ2v) is 26.4. The fourth-order valence-corrected chi connectivity index (χ4v) is 41.6. The van der Waals surface area contributed by atoms with Crippen LogP contribution < -0.4 is 0 Å². The van der Waals surface area contributed by atoms with Gasteiger partial charge in [0.25, 0.3) is 0 Å². The fourth-order valence-electron chi connectivity index (χ4n) is 4.40. The topological polar surface area (TPSA) is 83.1 Å². The van der Waals surface area contributed by atoms with E-state index in [1.54, 1.807) is 0 Å². The lowest BCUT2D eigenvalue weighted by Crippen LogP contribution is -2.88. The highest BCUT2D eigenvalue weighted by Crippen LogP contribution is 2.46. The van der Waals surface area contributed by atoms with Gasteiger partial charge in [0.05, 0.1) is 0 Å². The monoisotopic (exact) mass is 530 g/mol. The van der Waals surface area contributed by atoms with Gasteiger partial charge in [0.2, 0.25) is 0 Å². The molecule has 1 atom stereocenters. The molecule has 9 nitrogen and oxygen atoms in total. The van der Waals surface area contributed by atoms with Crippen LogP contribution in [0.25, 0.3) is 0 Å². The maximum Gasteiger partial charge on any atom is 0.670 e. The van der Waals surface area contributed by atoms with E-state index in [4.69, 9.17) is 39.5 Å². The maximum atomic E-state index is 6.97. The Kier molecular flexibility index (Phi) is 14.1. The average molecular weight is 531 g/mol. The maximum absolute atomic E-state index is 6.97. The van der Waals surface area contributed by atoms with Crippen molar-refractivity contribution in [3.05, 3.63) is 0 Å².